The van der Waals surface area contributed by atoms with Crippen LogP contribution >= 0.6 is 0 Å². The van der Waals surface area contributed by atoms with Crippen LogP contribution in [0, 0.1) is 11.8 Å². The minimum absolute atomic E-state index is 0.0108. The fourth-order valence-electron chi connectivity index (χ4n) is 7.59. The second-order valence-corrected chi connectivity index (χ2v) is 15.0. The monoisotopic (exact) mass is 755 g/mol. The van der Waals surface area contributed by atoms with Gasteiger partial charge >= 0.3 is 6.09 Å². The maximum atomic E-state index is 13.7. The summed E-state index contributed by atoms with van der Waals surface area (Å²) < 4.78 is 15.4. The summed E-state index contributed by atoms with van der Waals surface area (Å²) in [5.74, 6) is 0.321. The minimum atomic E-state index is -0.821. The minimum Gasteiger partial charge on any atom is -0.453 e. The molecule has 5 N–H and O–H groups in total. The van der Waals surface area contributed by atoms with Gasteiger partial charge in [-0.15, -0.1) is 0 Å². The van der Waals surface area contributed by atoms with Gasteiger partial charge in [0, 0.05) is 18.5 Å². The largest absolute Gasteiger partial charge is 0.453 e. The van der Waals surface area contributed by atoms with Crippen LogP contribution in [0.4, 0.5) is 10.6 Å². The molecule has 0 aliphatic carbocycles. The predicted molar refractivity (Wildman–Crippen MR) is 203 cm³/mol. The Bertz CT molecular complexity index is 2020. The highest BCUT2D eigenvalue weighted by Gasteiger charge is 2.40. The van der Waals surface area contributed by atoms with Crippen molar-refractivity contribution in [1.29, 1.82) is 0 Å². The second-order valence-electron chi connectivity index (χ2n) is 15.0. The average Bonchev–Trinajstić information content (AvgIpc) is 3.99. The number of ether oxygens (including phenoxy) is 3. The number of H-pyrrole nitrogens is 2. The summed E-state index contributed by atoms with van der Waals surface area (Å²) in [6.07, 6.45) is 3.42. The number of carbonyl (C=O) groups is 4. The lowest BCUT2D eigenvalue weighted by Crippen LogP contribution is -2.56. The Hall–Kier alpha value is -5.32. The van der Waals surface area contributed by atoms with Crippen molar-refractivity contribution in [3.8, 4) is 22.4 Å². The number of anilines is 1. The summed E-state index contributed by atoms with van der Waals surface area (Å²) >= 11 is 0. The van der Waals surface area contributed by atoms with Gasteiger partial charge in [0.25, 0.3) is 0 Å². The molecular weight excluding hydrogens is 706 g/mol. The average molecular weight is 756 g/mol. The summed E-state index contributed by atoms with van der Waals surface area (Å²) in [6, 6.07) is 11.9. The van der Waals surface area contributed by atoms with Crippen LogP contribution in [-0.2, 0) is 28.6 Å². The van der Waals surface area contributed by atoms with Crippen LogP contribution in [0.5, 0.6) is 0 Å². The Kier molecular flexibility index (Phi) is 11.2. The van der Waals surface area contributed by atoms with Gasteiger partial charge in [-0.3, -0.25) is 24.8 Å². The molecule has 4 atom stereocenters. The van der Waals surface area contributed by atoms with Crippen molar-refractivity contribution in [3.63, 3.8) is 0 Å². The number of hydrogen-bond donors (Lipinski definition) is 5. The number of methoxy groups -OCH3 is 1. The molecule has 55 heavy (non-hydrogen) atoms. The molecule has 0 unspecified atom stereocenters. The van der Waals surface area contributed by atoms with E-state index >= 15 is 0 Å². The van der Waals surface area contributed by atoms with Gasteiger partial charge in [0.15, 0.2) is 12.6 Å². The zero-order valence-corrected chi connectivity index (χ0v) is 31.8. The van der Waals surface area contributed by atoms with E-state index in [1.165, 1.54) is 12.0 Å². The Labute approximate surface area is 319 Å². The van der Waals surface area contributed by atoms with Crippen molar-refractivity contribution in [2.24, 2.45) is 11.8 Å². The van der Waals surface area contributed by atoms with Crippen molar-refractivity contribution in [2.45, 2.75) is 84.0 Å². The van der Waals surface area contributed by atoms with E-state index in [1.807, 2.05) is 81.3 Å². The highest BCUT2D eigenvalue weighted by atomic mass is 16.9. The SMILES string of the molecule is COC(=O)N[C@H](C(=O)N1CCC[C@H]1C(=O)Nc1n[nH]c2ccc(-c3ccc(-c4cnc([C@@H]5CCCN5C(=O)[C@@H](NC5OCO5)C(C)C)[nH]4)cc3)cc12)C(C)C. The van der Waals surface area contributed by atoms with Crippen molar-refractivity contribution >= 4 is 40.5 Å². The van der Waals surface area contributed by atoms with E-state index in [0.29, 0.717) is 31.7 Å². The first-order valence-electron chi connectivity index (χ1n) is 18.9. The molecule has 7 rings (SSSR count). The van der Waals surface area contributed by atoms with E-state index in [9.17, 15) is 19.2 Å². The van der Waals surface area contributed by atoms with Gasteiger partial charge < -0.3 is 39.6 Å². The van der Waals surface area contributed by atoms with E-state index in [2.05, 4.69) is 31.1 Å². The number of aromatic nitrogens is 4. The van der Waals surface area contributed by atoms with Gasteiger partial charge in [0.1, 0.15) is 17.9 Å². The van der Waals surface area contributed by atoms with Crippen molar-refractivity contribution in [3.05, 3.63) is 54.5 Å². The van der Waals surface area contributed by atoms with Crippen LogP contribution in [0.1, 0.15) is 65.2 Å². The molecule has 292 valence electrons. The first-order valence-corrected chi connectivity index (χ1v) is 18.9. The third-order valence-electron chi connectivity index (χ3n) is 10.7. The number of carbonyl (C=O) groups excluding carboxylic acids is 4. The zero-order valence-electron chi connectivity index (χ0n) is 31.8. The first kappa shape index (κ1) is 38.0. The molecule has 5 heterocycles. The lowest BCUT2D eigenvalue weighted by molar-refractivity contribution is -0.335. The quantitative estimate of drug-likeness (QED) is 0.137. The highest BCUT2D eigenvalue weighted by Crippen LogP contribution is 2.34. The summed E-state index contributed by atoms with van der Waals surface area (Å²) in [7, 11) is 1.25. The topological polar surface area (TPSA) is 196 Å². The molecule has 0 spiro atoms. The molecule has 3 aliphatic heterocycles. The van der Waals surface area contributed by atoms with Gasteiger partial charge in [-0.1, -0.05) is 58.0 Å². The molecule has 16 heteroatoms. The summed E-state index contributed by atoms with van der Waals surface area (Å²) in [6.45, 7) is 8.97. The fourth-order valence-corrected chi connectivity index (χ4v) is 7.59. The molecule has 0 radical (unpaired) electrons. The normalized spacial score (nSPS) is 19.8. The van der Waals surface area contributed by atoms with E-state index in [1.54, 1.807) is 0 Å². The number of likely N-dealkylation sites (tertiary alicyclic amines) is 2. The van der Waals surface area contributed by atoms with Crippen LogP contribution in [0.2, 0.25) is 0 Å². The number of hydrogen-bond acceptors (Lipinski definition) is 10. The molecular formula is C39H49N9O7. The molecule has 3 saturated heterocycles. The molecule has 4 aromatic rings. The van der Waals surface area contributed by atoms with E-state index in [0.717, 1.165) is 52.0 Å². The number of alkyl carbamates (subject to hydrolysis) is 1. The molecule has 16 nitrogen and oxygen atoms in total. The summed E-state index contributed by atoms with van der Waals surface area (Å²) in [5, 5.41) is 16.8. The number of aromatic amines is 2. The molecule has 2 aromatic heterocycles. The summed E-state index contributed by atoms with van der Waals surface area (Å²) in [5.41, 5.74) is 4.45. The molecule has 3 fully saturated rings. The van der Waals surface area contributed by atoms with Crippen LogP contribution in [-0.4, -0.2) is 105 Å². The van der Waals surface area contributed by atoms with Gasteiger partial charge in [0.05, 0.1) is 36.6 Å². The van der Waals surface area contributed by atoms with Gasteiger partial charge in [-0.2, -0.15) is 5.10 Å². The Morgan fingerprint density at radius 3 is 2.24 bits per heavy atom. The number of amides is 4. The third kappa shape index (κ3) is 7.93. The van der Waals surface area contributed by atoms with E-state index in [-0.39, 0.29) is 42.4 Å². The third-order valence-corrected chi connectivity index (χ3v) is 10.7. The number of imidazole rings is 1. The summed E-state index contributed by atoms with van der Waals surface area (Å²) in [4.78, 5) is 64.3. The number of fused-ring (bicyclic) bond motifs is 1. The second kappa shape index (κ2) is 16.2. The van der Waals surface area contributed by atoms with Crippen LogP contribution < -0.4 is 16.0 Å². The number of nitrogens with zero attached hydrogens (tertiary/aromatic N) is 4. The molecule has 0 saturated carbocycles. The maximum Gasteiger partial charge on any atom is 0.407 e. The number of rotatable bonds is 12. The van der Waals surface area contributed by atoms with E-state index in [4.69, 9.17) is 19.2 Å². The Balaban J connectivity index is 1.03. The zero-order chi connectivity index (χ0) is 38.8. The molecule has 0 bridgehead atoms. The van der Waals surface area contributed by atoms with Crippen molar-refractivity contribution in [1.82, 2.24) is 40.6 Å². The highest BCUT2D eigenvalue weighted by molar-refractivity contribution is 6.04. The van der Waals surface area contributed by atoms with E-state index < -0.39 is 30.6 Å². The fraction of sp³-hybridized carbons (Fsp3) is 0.487. The Morgan fingerprint density at radius 2 is 1.55 bits per heavy atom. The Morgan fingerprint density at radius 1 is 0.873 bits per heavy atom. The first-order chi connectivity index (χ1) is 26.5. The van der Waals surface area contributed by atoms with Crippen LogP contribution in [0.3, 0.4) is 0 Å². The van der Waals surface area contributed by atoms with Crippen molar-refractivity contribution in [2.75, 3.05) is 32.3 Å². The molecule has 3 aliphatic rings. The maximum absolute atomic E-state index is 13.7. The number of benzene rings is 2. The predicted octanol–water partition coefficient (Wildman–Crippen LogP) is 4.50. The van der Waals surface area contributed by atoms with Gasteiger partial charge in [-0.05, 0) is 66.3 Å². The lowest BCUT2D eigenvalue weighted by atomic mass is 10.0. The van der Waals surface area contributed by atoms with Gasteiger partial charge in [-0.25, -0.2) is 9.78 Å². The molecule has 4 amide bonds. The van der Waals surface area contributed by atoms with Crippen molar-refractivity contribution < 1.29 is 33.4 Å². The standard InChI is InChI=1S/C39H49N9O7/c1-21(2)31(42-38(52)53-5)36(50)48-17-7-9-30(48)35(49)44-33-26-18-25(14-15-27(26)45-46-33)23-10-12-24(13-11-23)28-19-40-34(41-28)29-8-6-16-47(29)37(51)32(22(3)4)43-39-54-20-55-39/h10-15,18-19,21-22,29-32,39,43H,6-9,16-17,20H2,1-5H3,(H,40,41)(H,42,52)(H2,44,45,46,49)/t29-,30-,31-,32-/m0/s1. The van der Waals surface area contributed by atoms with Gasteiger partial charge in [0.2, 0.25) is 24.1 Å². The molecule has 2 aromatic carbocycles. The smallest absolute Gasteiger partial charge is 0.407 e. The van der Waals surface area contributed by atoms with Crippen LogP contribution in [0.25, 0.3) is 33.3 Å². The lowest BCUT2D eigenvalue weighted by Gasteiger charge is -2.35. The number of nitrogens with one attached hydrogen (secondary N) is 5. The van der Waals surface area contributed by atoms with Crippen LogP contribution in [0.15, 0.2) is 48.7 Å².